The second kappa shape index (κ2) is 3.28. The summed E-state index contributed by atoms with van der Waals surface area (Å²) in [7, 11) is 0. The van der Waals surface area contributed by atoms with Crippen molar-refractivity contribution in [2.75, 3.05) is 0 Å². The van der Waals surface area contributed by atoms with E-state index in [1.807, 2.05) is 0 Å². The van der Waals surface area contributed by atoms with Gasteiger partial charge in [0.1, 0.15) is 5.76 Å². The van der Waals surface area contributed by atoms with E-state index >= 15 is 0 Å². The summed E-state index contributed by atoms with van der Waals surface area (Å²) in [6, 6.07) is 3.55. The molecular formula is C8H12N6O. The summed E-state index contributed by atoms with van der Waals surface area (Å²) in [5.74, 6) is -0.210. The topological polar surface area (TPSA) is 128 Å². The van der Waals surface area contributed by atoms with Crippen LogP contribution >= 0.6 is 0 Å². The Morgan fingerprint density at radius 3 is 2.53 bits per heavy atom. The quantitative estimate of drug-likeness (QED) is 0.478. The molecule has 1 aromatic heterocycles. The van der Waals surface area contributed by atoms with Gasteiger partial charge in [-0.05, 0) is 12.1 Å². The van der Waals surface area contributed by atoms with Gasteiger partial charge in [-0.3, -0.25) is 11.1 Å². The largest absolute Gasteiger partial charge is 0.469 e. The van der Waals surface area contributed by atoms with Crippen molar-refractivity contribution in [2.24, 2.45) is 27.2 Å². The van der Waals surface area contributed by atoms with Crippen molar-refractivity contribution < 1.29 is 4.42 Å². The summed E-state index contributed by atoms with van der Waals surface area (Å²) < 4.78 is 5.15. The fourth-order valence-electron chi connectivity index (χ4n) is 1.38. The van der Waals surface area contributed by atoms with E-state index in [2.05, 4.69) is 15.3 Å². The molecule has 0 fully saturated rings. The molecule has 7 N–H and O–H groups in total. The molecule has 0 amide bonds. The minimum Gasteiger partial charge on any atom is -0.469 e. The zero-order valence-electron chi connectivity index (χ0n) is 7.97. The summed E-state index contributed by atoms with van der Waals surface area (Å²) in [5.41, 5.74) is 16.9. The first-order chi connectivity index (χ1) is 7.07. The highest BCUT2D eigenvalue weighted by Gasteiger charge is 2.29. The Balaban J connectivity index is 2.22. The van der Waals surface area contributed by atoms with Gasteiger partial charge in [-0.25, -0.2) is 9.98 Å². The summed E-state index contributed by atoms with van der Waals surface area (Å²) in [5, 5.41) is 2.56. The van der Waals surface area contributed by atoms with Crippen molar-refractivity contribution in [1.29, 1.82) is 0 Å². The maximum atomic E-state index is 5.90. The lowest BCUT2D eigenvalue weighted by molar-refractivity contribution is 0.399. The second-order valence-electron chi connectivity index (χ2n) is 3.25. The van der Waals surface area contributed by atoms with Gasteiger partial charge < -0.3 is 15.9 Å². The number of nitrogens with one attached hydrogen (secondary N) is 1. The molecule has 7 nitrogen and oxygen atoms in total. The predicted molar refractivity (Wildman–Crippen MR) is 55.7 cm³/mol. The molecule has 0 atom stereocenters. The molecule has 0 aliphatic carbocycles. The standard InChI is InChI=1S/C8H12N6O/c9-6-12-7(10)14-8(11,13-6)4-5-2-1-3-15-5/h1-3H,4,11H2,(H5,9,10,12,13,14). The normalized spacial score (nSPS) is 19.0. The third kappa shape index (κ3) is 2.08. The number of furan rings is 1. The highest BCUT2D eigenvalue weighted by molar-refractivity contribution is 5.98. The van der Waals surface area contributed by atoms with Crippen LogP contribution in [0.4, 0.5) is 0 Å². The number of guanidine groups is 2. The van der Waals surface area contributed by atoms with E-state index in [1.165, 1.54) is 0 Å². The molecule has 15 heavy (non-hydrogen) atoms. The van der Waals surface area contributed by atoms with Gasteiger partial charge in [0.15, 0.2) is 11.9 Å². The van der Waals surface area contributed by atoms with Crippen LogP contribution in [0.3, 0.4) is 0 Å². The zero-order chi connectivity index (χ0) is 10.9. The van der Waals surface area contributed by atoms with Gasteiger partial charge in [0.25, 0.3) is 0 Å². The van der Waals surface area contributed by atoms with Gasteiger partial charge in [-0.15, -0.1) is 0 Å². The number of nitrogens with two attached hydrogens (primary N) is 3. The molecule has 80 valence electrons. The minimum absolute atomic E-state index is 0.150. The van der Waals surface area contributed by atoms with Crippen molar-refractivity contribution >= 4 is 11.9 Å². The number of hydrogen-bond donors (Lipinski definition) is 4. The van der Waals surface area contributed by atoms with Crippen molar-refractivity contribution in [2.45, 2.75) is 12.2 Å². The molecule has 2 heterocycles. The molecule has 0 bridgehead atoms. The highest BCUT2D eigenvalue weighted by Crippen LogP contribution is 2.15. The molecular weight excluding hydrogens is 196 g/mol. The SMILES string of the molecule is NC1=NC(N)(Cc2ccco2)N=C(N)N1. The summed E-state index contributed by atoms with van der Waals surface area (Å²) in [6.07, 6.45) is 1.86. The van der Waals surface area contributed by atoms with Crippen LogP contribution in [0.15, 0.2) is 32.8 Å². The Morgan fingerprint density at radius 2 is 2.00 bits per heavy atom. The van der Waals surface area contributed by atoms with Gasteiger partial charge in [-0.1, -0.05) is 0 Å². The smallest absolute Gasteiger partial charge is 0.216 e. The van der Waals surface area contributed by atoms with Crippen LogP contribution in [-0.4, -0.2) is 17.7 Å². The molecule has 0 saturated heterocycles. The van der Waals surface area contributed by atoms with Crippen molar-refractivity contribution in [3.8, 4) is 0 Å². The summed E-state index contributed by atoms with van der Waals surface area (Å²) in [6.45, 7) is 0. The van der Waals surface area contributed by atoms with Gasteiger partial charge in [0, 0.05) is 0 Å². The fraction of sp³-hybridized carbons (Fsp3) is 0.250. The first-order valence-corrected chi connectivity index (χ1v) is 4.36. The van der Waals surface area contributed by atoms with E-state index in [1.54, 1.807) is 18.4 Å². The third-order valence-corrected chi connectivity index (χ3v) is 1.90. The third-order valence-electron chi connectivity index (χ3n) is 1.90. The number of aliphatic imine (C=N–C) groups is 2. The van der Waals surface area contributed by atoms with Crippen molar-refractivity contribution in [1.82, 2.24) is 5.32 Å². The summed E-state index contributed by atoms with van der Waals surface area (Å²) in [4.78, 5) is 7.95. The van der Waals surface area contributed by atoms with Crippen LogP contribution in [0.5, 0.6) is 0 Å². The van der Waals surface area contributed by atoms with Gasteiger partial charge in [-0.2, -0.15) is 0 Å². The van der Waals surface area contributed by atoms with Crippen LogP contribution in [0.25, 0.3) is 0 Å². The molecule has 7 heteroatoms. The molecule has 0 aromatic carbocycles. The Labute approximate surface area is 86.0 Å². The lowest BCUT2D eigenvalue weighted by atomic mass is 10.2. The van der Waals surface area contributed by atoms with E-state index in [9.17, 15) is 0 Å². The monoisotopic (exact) mass is 208 g/mol. The molecule has 1 aliphatic rings. The summed E-state index contributed by atoms with van der Waals surface area (Å²) >= 11 is 0. The van der Waals surface area contributed by atoms with Crippen LogP contribution < -0.4 is 22.5 Å². The molecule has 0 radical (unpaired) electrons. The first kappa shape index (κ1) is 9.53. The highest BCUT2D eigenvalue weighted by atomic mass is 16.3. The number of hydrogen-bond acceptors (Lipinski definition) is 7. The van der Waals surface area contributed by atoms with E-state index in [0.717, 1.165) is 0 Å². The van der Waals surface area contributed by atoms with Crippen LogP contribution in [0.1, 0.15) is 5.76 Å². The molecule has 0 unspecified atom stereocenters. The van der Waals surface area contributed by atoms with Gasteiger partial charge in [0.2, 0.25) is 5.79 Å². The zero-order valence-corrected chi connectivity index (χ0v) is 7.97. The average Bonchev–Trinajstić information content (AvgIpc) is 2.52. The van der Waals surface area contributed by atoms with E-state index in [0.29, 0.717) is 12.2 Å². The van der Waals surface area contributed by atoms with Crippen LogP contribution in [0.2, 0.25) is 0 Å². The Hall–Kier alpha value is -2.02. The molecule has 0 spiro atoms. The van der Waals surface area contributed by atoms with E-state index < -0.39 is 5.79 Å². The average molecular weight is 208 g/mol. The maximum absolute atomic E-state index is 5.90. The lowest BCUT2D eigenvalue weighted by Gasteiger charge is -2.24. The van der Waals surface area contributed by atoms with Crippen molar-refractivity contribution in [3.63, 3.8) is 0 Å². The first-order valence-electron chi connectivity index (χ1n) is 4.36. The predicted octanol–water partition coefficient (Wildman–Crippen LogP) is -1.33. The van der Waals surface area contributed by atoms with Crippen LogP contribution in [-0.2, 0) is 6.42 Å². The minimum atomic E-state index is -1.18. The molecule has 0 saturated carbocycles. The van der Waals surface area contributed by atoms with E-state index in [-0.39, 0.29) is 11.9 Å². The Bertz CT molecular complexity index is 389. The van der Waals surface area contributed by atoms with Crippen LogP contribution in [0, 0.1) is 0 Å². The molecule has 1 aliphatic heterocycles. The number of nitrogens with zero attached hydrogens (tertiary/aromatic N) is 2. The Kier molecular flexibility index (Phi) is 2.09. The van der Waals surface area contributed by atoms with E-state index in [4.69, 9.17) is 21.6 Å². The Morgan fingerprint density at radius 1 is 1.33 bits per heavy atom. The van der Waals surface area contributed by atoms with Gasteiger partial charge >= 0.3 is 0 Å². The maximum Gasteiger partial charge on any atom is 0.216 e. The van der Waals surface area contributed by atoms with Crippen molar-refractivity contribution in [3.05, 3.63) is 24.2 Å². The lowest BCUT2D eigenvalue weighted by Crippen LogP contribution is -2.53. The second-order valence-corrected chi connectivity index (χ2v) is 3.25. The number of rotatable bonds is 2. The molecule has 2 rings (SSSR count). The fourth-order valence-corrected chi connectivity index (χ4v) is 1.38. The van der Waals surface area contributed by atoms with Gasteiger partial charge in [0.05, 0.1) is 12.7 Å². The molecule has 1 aromatic rings.